The second kappa shape index (κ2) is 5.21. The summed E-state index contributed by atoms with van der Waals surface area (Å²) in [5.41, 5.74) is 5.33. The standard InChI is InChI=1S/C8H17NO4S/c1-6(10)13-14(2,3)5-4-7(9)8(11)12/h7H,4-5,9H2,1-3H3,(H,11,12)/t7-/m0/s1. The number of carboxylic acids is 1. The van der Waals surface area contributed by atoms with Gasteiger partial charge in [-0.25, -0.2) is 0 Å². The maximum absolute atomic E-state index is 10.7. The molecule has 0 amide bonds. The molecule has 0 aliphatic heterocycles. The highest BCUT2D eigenvalue weighted by atomic mass is 32.3. The summed E-state index contributed by atoms with van der Waals surface area (Å²) in [5, 5.41) is 8.54. The van der Waals surface area contributed by atoms with Gasteiger partial charge >= 0.3 is 11.9 Å². The van der Waals surface area contributed by atoms with E-state index in [4.69, 9.17) is 15.0 Å². The average molecular weight is 223 g/mol. The highest BCUT2D eigenvalue weighted by Crippen LogP contribution is 2.41. The van der Waals surface area contributed by atoms with E-state index in [0.29, 0.717) is 12.2 Å². The molecular formula is C8H17NO4S. The maximum atomic E-state index is 10.7. The fraction of sp³-hybridized carbons (Fsp3) is 0.750. The van der Waals surface area contributed by atoms with Gasteiger partial charge in [-0.2, -0.15) is 0 Å². The van der Waals surface area contributed by atoms with Crippen molar-refractivity contribution in [3.8, 4) is 0 Å². The van der Waals surface area contributed by atoms with Gasteiger partial charge in [-0.1, -0.05) is 10.3 Å². The fourth-order valence-electron chi connectivity index (χ4n) is 0.894. The van der Waals surface area contributed by atoms with Crippen molar-refractivity contribution in [3.63, 3.8) is 0 Å². The predicted molar refractivity (Wildman–Crippen MR) is 56.3 cm³/mol. The molecule has 14 heavy (non-hydrogen) atoms. The Kier molecular flexibility index (Phi) is 4.93. The lowest BCUT2D eigenvalue weighted by molar-refractivity contribution is -0.138. The van der Waals surface area contributed by atoms with Gasteiger partial charge in [0.15, 0.2) is 0 Å². The summed E-state index contributed by atoms with van der Waals surface area (Å²) in [6.07, 6.45) is 3.94. The van der Waals surface area contributed by atoms with Crippen LogP contribution in [0.4, 0.5) is 0 Å². The van der Waals surface area contributed by atoms with E-state index in [1.54, 1.807) is 0 Å². The Morgan fingerprint density at radius 1 is 1.50 bits per heavy atom. The number of aliphatic carboxylic acids is 1. The Bertz CT molecular complexity index is 229. The van der Waals surface area contributed by atoms with Crippen LogP contribution in [0.25, 0.3) is 0 Å². The van der Waals surface area contributed by atoms with Crippen LogP contribution in [-0.2, 0) is 13.8 Å². The predicted octanol–water partition coefficient (Wildman–Crippen LogP) is 0.331. The van der Waals surface area contributed by atoms with E-state index in [9.17, 15) is 9.59 Å². The highest BCUT2D eigenvalue weighted by molar-refractivity contribution is 8.29. The van der Waals surface area contributed by atoms with Crippen LogP contribution in [0.3, 0.4) is 0 Å². The van der Waals surface area contributed by atoms with Gasteiger partial charge in [-0.05, 0) is 18.9 Å². The molecule has 5 nitrogen and oxygen atoms in total. The smallest absolute Gasteiger partial charge is 0.320 e. The van der Waals surface area contributed by atoms with Gasteiger partial charge < -0.3 is 15.0 Å². The summed E-state index contributed by atoms with van der Waals surface area (Å²) in [6.45, 7) is 1.34. The summed E-state index contributed by atoms with van der Waals surface area (Å²) in [6, 6.07) is -0.877. The lowest BCUT2D eigenvalue weighted by Gasteiger charge is -2.30. The van der Waals surface area contributed by atoms with Crippen LogP contribution in [-0.4, -0.2) is 41.4 Å². The van der Waals surface area contributed by atoms with Crippen LogP contribution in [0.1, 0.15) is 13.3 Å². The van der Waals surface area contributed by atoms with Crippen LogP contribution in [0.2, 0.25) is 0 Å². The average Bonchev–Trinajstić information content (AvgIpc) is 1.97. The van der Waals surface area contributed by atoms with Crippen molar-refractivity contribution in [1.82, 2.24) is 0 Å². The Morgan fingerprint density at radius 2 is 2.00 bits per heavy atom. The first-order valence-corrected chi connectivity index (χ1v) is 6.68. The summed E-state index contributed by atoms with van der Waals surface area (Å²) >= 11 is 0. The van der Waals surface area contributed by atoms with E-state index in [1.807, 2.05) is 12.5 Å². The van der Waals surface area contributed by atoms with Crippen molar-refractivity contribution in [2.45, 2.75) is 19.4 Å². The van der Waals surface area contributed by atoms with Crippen LogP contribution < -0.4 is 5.73 Å². The third kappa shape index (κ3) is 5.82. The molecule has 0 saturated carbocycles. The van der Waals surface area contributed by atoms with E-state index >= 15 is 0 Å². The molecule has 0 radical (unpaired) electrons. The third-order valence-corrected chi connectivity index (χ3v) is 3.49. The number of nitrogens with two attached hydrogens (primary N) is 1. The zero-order valence-corrected chi connectivity index (χ0v) is 9.47. The molecule has 0 aliphatic rings. The molecule has 6 heteroatoms. The van der Waals surface area contributed by atoms with Gasteiger partial charge in [0.05, 0.1) is 0 Å². The summed E-state index contributed by atoms with van der Waals surface area (Å²) in [5.74, 6) is -0.850. The molecule has 0 bridgehead atoms. The molecule has 0 rings (SSSR count). The molecular weight excluding hydrogens is 206 g/mol. The van der Waals surface area contributed by atoms with E-state index in [-0.39, 0.29) is 5.97 Å². The molecule has 0 aromatic carbocycles. The van der Waals surface area contributed by atoms with Crippen LogP contribution in [0.5, 0.6) is 0 Å². The number of carbonyl (C=O) groups excluding carboxylic acids is 1. The normalized spacial score (nSPS) is 14.6. The summed E-state index contributed by atoms with van der Waals surface area (Å²) in [7, 11) is -1.50. The molecule has 0 aromatic rings. The first kappa shape index (κ1) is 13.2. The Balaban J connectivity index is 3.98. The van der Waals surface area contributed by atoms with Crippen molar-refractivity contribution in [2.24, 2.45) is 5.73 Å². The number of carboxylic acid groups (broad SMARTS) is 1. The minimum Gasteiger partial charge on any atom is -0.480 e. The van der Waals surface area contributed by atoms with Crippen molar-refractivity contribution >= 4 is 22.2 Å². The Morgan fingerprint density at radius 3 is 2.36 bits per heavy atom. The first-order chi connectivity index (χ1) is 6.24. The second-order valence-corrected chi connectivity index (χ2v) is 6.90. The molecule has 0 aromatic heterocycles. The largest absolute Gasteiger partial charge is 0.480 e. The minimum absolute atomic E-state index is 0.324. The second-order valence-electron chi connectivity index (χ2n) is 3.45. The molecule has 0 saturated heterocycles. The van der Waals surface area contributed by atoms with Crippen molar-refractivity contribution in [3.05, 3.63) is 0 Å². The van der Waals surface area contributed by atoms with Gasteiger partial charge in [-0.15, -0.1) is 0 Å². The minimum atomic E-state index is -1.50. The van der Waals surface area contributed by atoms with Crippen molar-refractivity contribution < 1.29 is 18.9 Å². The summed E-state index contributed by atoms with van der Waals surface area (Å²) < 4.78 is 5.06. The van der Waals surface area contributed by atoms with Crippen molar-refractivity contribution in [1.29, 1.82) is 0 Å². The van der Waals surface area contributed by atoms with Gasteiger partial charge in [-0.3, -0.25) is 9.59 Å². The van der Waals surface area contributed by atoms with Gasteiger partial charge in [0.1, 0.15) is 6.04 Å². The van der Waals surface area contributed by atoms with E-state index < -0.39 is 22.3 Å². The monoisotopic (exact) mass is 223 g/mol. The van der Waals surface area contributed by atoms with Crippen LogP contribution in [0, 0.1) is 0 Å². The fourth-order valence-corrected chi connectivity index (χ4v) is 2.43. The molecule has 0 aliphatic carbocycles. The lowest BCUT2D eigenvalue weighted by Crippen LogP contribution is -2.31. The molecule has 0 unspecified atom stereocenters. The molecule has 0 heterocycles. The van der Waals surface area contributed by atoms with E-state index in [2.05, 4.69) is 0 Å². The van der Waals surface area contributed by atoms with E-state index in [0.717, 1.165) is 0 Å². The topological polar surface area (TPSA) is 89.6 Å². The molecule has 0 fully saturated rings. The van der Waals surface area contributed by atoms with Crippen LogP contribution in [0.15, 0.2) is 0 Å². The quantitative estimate of drug-likeness (QED) is 0.701. The van der Waals surface area contributed by atoms with E-state index in [1.165, 1.54) is 6.92 Å². The highest BCUT2D eigenvalue weighted by Gasteiger charge is 2.19. The third-order valence-electron chi connectivity index (χ3n) is 1.58. The maximum Gasteiger partial charge on any atom is 0.320 e. The molecule has 84 valence electrons. The Hall–Kier alpha value is -0.750. The SMILES string of the molecule is CC(=O)OS(C)(C)CC[C@H](N)C(=O)O. The molecule has 0 spiro atoms. The van der Waals surface area contributed by atoms with Crippen LogP contribution >= 0.6 is 10.3 Å². The number of hydrogen-bond donors (Lipinski definition) is 2. The number of hydrogen-bond acceptors (Lipinski definition) is 4. The first-order valence-electron chi connectivity index (χ1n) is 4.14. The summed E-state index contributed by atoms with van der Waals surface area (Å²) in [4.78, 5) is 21.1. The van der Waals surface area contributed by atoms with Gasteiger partial charge in [0.25, 0.3) is 0 Å². The number of rotatable bonds is 5. The zero-order chi connectivity index (χ0) is 11.4. The van der Waals surface area contributed by atoms with Crippen molar-refractivity contribution in [2.75, 3.05) is 18.3 Å². The Labute approximate surface area is 85.1 Å². The van der Waals surface area contributed by atoms with Gasteiger partial charge in [0.2, 0.25) is 0 Å². The lowest BCUT2D eigenvalue weighted by atomic mass is 10.2. The number of carbonyl (C=O) groups is 2. The molecule has 1 atom stereocenters. The zero-order valence-electron chi connectivity index (χ0n) is 8.65. The molecule has 3 N–H and O–H groups in total. The van der Waals surface area contributed by atoms with Gasteiger partial charge in [0, 0.05) is 12.7 Å².